The van der Waals surface area contributed by atoms with Crippen molar-refractivity contribution in [1.29, 1.82) is 0 Å². The zero-order valence-corrected chi connectivity index (χ0v) is 19.7. The summed E-state index contributed by atoms with van der Waals surface area (Å²) in [5.74, 6) is -0.206. The van der Waals surface area contributed by atoms with Gasteiger partial charge in [-0.2, -0.15) is 0 Å². The minimum absolute atomic E-state index is 0.00587. The van der Waals surface area contributed by atoms with Crippen LogP contribution >= 0.6 is 0 Å². The molecule has 2 aromatic carbocycles. The number of nitrogens with zero attached hydrogens (tertiary/aromatic N) is 1. The predicted octanol–water partition coefficient (Wildman–Crippen LogP) is 3.76. The third-order valence-corrected chi connectivity index (χ3v) is 8.10. The van der Waals surface area contributed by atoms with E-state index >= 15 is 0 Å². The van der Waals surface area contributed by atoms with Crippen molar-refractivity contribution < 1.29 is 22.7 Å². The summed E-state index contributed by atoms with van der Waals surface area (Å²) in [6.45, 7) is 4.17. The number of sulfonamides is 1. The lowest BCUT2D eigenvalue weighted by Gasteiger charge is -2.29. The number of pyridine rings is 1. The molecule has 1 aliphatic heterocycles. The third-order valence-electron chi connectivity index (χ3n) is 6.71. The van der Waals surface area contributed by atoms with Crippen LogP contribution in [0.15, 0.2) is 53.4 Å². The number of ether oxygens (including phenoxy) is 2. The van der Waals surface area contributed by atoms with Gasteiger partial charge in [0.1, 0.15) is 5.75 Å². The number of amides is 1. The number of rotatable bonds is 5. The van der Waals surface area contributed by atoms with Crippen molar-refractivity contribution in [3.8, 4) is 5.75 Å². The lowest BCUT2D eigenvalue weighted by atomic mass is 9.84. The van der Waals surface area contributed by atoms with Crippen LogP contribution in [-0.4, -0.2) is 33.0 Å². The van der Waals surface area contributed by atoms with Crippen molar-refractivity contribution in [2.75, 3.05) is 13.7 Å². The second kappa shape index (κ2) is 7.53. The zero-order chi connectivity index (χ0) is 23.4. The molecule has 0 unspecified atom stereocenters. The van der Waals surface area contributed by atoms with E-state index in [0.717, 1.165) is 24.1 Å². The number of nitrogens with one attached hydrogen (secondary N) is 1. The number of hydrogen-bond donors (Lipinski definition) is 1. The largest absolute Gasteiger partial charge is 0.496 e. The van der Waals surface area contributed by atoms with Crippen molar-refractivity contribution in [2.24, 2.45) is 5.41 Å². The Kier molecular flexibility index (Phi) is 4.99. The third kappa shape index (κ3) is 3.67. The molecule has 5 rings (SSSR count). The second-order valence-electron chi connectivity index (χ2n) is 9.21. The highest BCUT2D eigenvalue weighted by molar-refractivity contribution is 7.90. The average Bonchev–Trinajstić information content (AvgIpc) is 3.42. The van der Waals surface area contributed by atoms with Crippen LogP contribution in [0.5, 0.6) is 5.75 Å². The monoisotopic (exact) mass is 466 g/mol. The van der Waals surface area contributed by atoms with Gasteiger partial charge in [-0.25, -0.2) is 13.1 Å². The van der Waals surface area contributed by atoms with Gasteiger partial charge in [-0.1, -0.05) is 17.7 Å². The molecule has 2 heterocycles. The Morgan fingerprint density at radius 1 is 1.12 bits per heavy atom. The number of fused-ring (bicyclic) bond motifs is 1. The van der Waals surface area contributed by atoms with Crippen LogP contribution in [0.3, 0.4) is 0 Å². The Balaban J connectivity index is 1.58. The van der Waals surface area contributed by atoms with Gasteiger partial charge in [-0.05, 0) is 74.9 Å². The number of benzene rings is 2. The molecule has 1 amide bonds. The second-order valence-corrected chi connectivity index (χ2v) is 10.9. The van der Waals surface area contributed by atoms with Gasteiger partial charge in [-0.3, -0.25) is 9.78 Å². The maximum atomic E-state index is 13.8. The fourth-order valence-electron chi connectivity index (χ4n) is 4.71. The van der Waals surface area contributed by atoms with E-state index < -0.39 is 21.5 Å². The molecule has 1 aliphatic carbocycles. The van der Waals surface area contributed by atoms with E-state index in [2.05, 4.69) is 9.71 Å². The Labute approximate surface area is 193 Å². The van der Waals surface area contributed by atoms with Crippen LogP contribution in [0.2, 0.25) is 0 Å². The highest BCUT2D eigenvalue weighted by atomic mass is 32.2. The predicted molar refractivity (Wildman–Crippen MR) is 123 cm³/mol. The molecule has 8 heteroatoms. The summed E-state index contributed by atoms with van der Waals surface area (Å²) in [6, 6.07) is 13.8. The summed E-state index contributed by atoms with van der Waals surface area (Å²) in [4.78, 5) is 18.2. The van der Waals surface area contributed by atoms with Gasteiger partial charge in [0.25, 0.3) is 15.9 Å². The molecule has 1 spiro atoms. The van der Waals surface area contributed by atoms with Gasteiger partial charge in [0.15, 0.2) is 5.60 Å². The van der Waals surface area contributed by atoms with Crippen LogP contribution in [0.1, 0.15) is 36.1 Å². The van der Waals surface area contributed by atoms with Crippen LogP contribution in [0.4, 0.5) is 0 Å². The minimum Gasteiger partial charge on any atom is -0.496 e. The van der Waals surface area contributed by atoms with Gasteiger partial charge in [0.2, 0.25) is 0 Å². The van der Waals surface area contributed by atoms with E-state index in [1.165, 1.54) is 13.2 Å². The maximum Gasteiger partial charge on any atom is 0.270 e. The lowest BCUT2D eigenvalue weighted by Crippen LogP contribution is -2.46. The molecule has 33 heavy (non-hydrogen) atoms. The van der Waals surface area contributed by atoms with Crippen molar-refractivity contribution in [1.82, 2.24) is 9.71 Å². The molecule has 0 bridgehead atoms. The van der Waals surface area contributed by atoms with Crippen molar-refractivity contribution >= 4 is 26.8 Å². The summed E-state index contributed by atoms with van der Waals surface area (Å²) in [5.41, 5.74) is 1.28. The molecule has 1 saturated carbocycles. The van der Waals surface area contributed by atoms with Gasteiger partial charge in [-0.15, -0.1) is 0 Å². The van der Waals surface area contributed by atoms with Crippen molar-refractivity contribution in [3.63, 3.8) is 0 Å². The molecule has 1 aromatic heterocycles. The summed E-state index contributed by atoms with van der Waals surface area (Å²) in [7, 11) is -2.66. The summed E-state index contributed by atoms with van der Waals surface area (Å²) < 4.78 is 40.9. The normalized spacial score (nSPS) is 21.3. The van der Waals surface area contributed by atoms with Crippen LogP contribution in [0, 0.1) is 19.3 Å². The van der Waals surface area contributed by atoms with Crippen LogP contribution in [-0.2, 0) is 25.2 Å². The lowest BCUT2D eigenvalue weighted by molar-refractivity contribution is -0.140. The molecule has 1 atom stereocenters. The molecular weight excluding hydrogens is 440 g/mol. The van der Waals surface area contributed by atoms with Crippen LogP contribution < -0.4 is 9.46 Å². The molecule has 1 N–H and O–H groups in total. The highest BCUT2D eigenvalue weighted by Crippen LogP contribution is 2.60. The standard InChI is InChI=1S/C25H26N2O5S/c1-16-7-10-21(31-3)19(13-16)25(14-24(11-12-24)15-32-25)23(28)27-33(29,30)22-6-4-5-20-18(22)9-8-17(2)26-20/h4-10,13H,11-12,14-15H2,1-3H3,(H,27,28)/t25-/m1/s1. The van der Waals surface area contributed by atoms with Gasteiger partial charge >= 0.3 is 0 Å². The summed E-state index contributed by atoms with van der Waals surface area (Å²) in [6.07, 6.45) is 2.33. The Morgan fingerprint density at radius 2 is 1.91 bits per heavy atom. The Morgan fingerprint density at radius 3 is 2.61 bits per heavy atom. The average molecular weight is 467 g/mol. The van der Waals surface area contributed by atoms with E-state index in [4.69, 9.17) is 9.47 Å². The minimum atomic E-state index is -4.19. The van der Waals surface area contributed by atoms with Crippen LogP contribution in [0.25, 0.3) is 10.9 Å². The molecule has 3 aromatic rings. The molecule has 0 radical (unpaired) electrons. The van der Waals surface area contributed by atoms with E-state index in [1.807, 2.05) is 26.0 Å². The Hall–Kier alpha value is -2.97. The molecule has 2 fully saturated rings. The summed E-state index contributed by atoms with van der Waals surface area (Å²) in [5, 5.41) is 0.455. The van der Waals surface area contributed by atoms with Gasteiger partial charge < -0.3 is 9.47 Å². The first kappa shape index (κ1) is 21.9. The molecule has 2 aliphatic rings. The van der Waals surface area contributed by atoms with E-state index in [0.29, 0.717) is 35.2 Å². The van der Waals surface area contributed by atoms with E-state index in [1.54, 1.807) is 30.3 Å². The smallest absolute Gasteiger partial charge is 0.270 e. The highest BCUT2D eigenvalue weighted by Gasteiger charge is 2.61. The topological polar surface area (TPSA) is 94.6 Å². The van der Waals surface area contributed by atoms with E-state index in [-0.39, 0.29) is 10.3 Å². The van der Waals surface area contributed by atoms with Crippen molar-refractivity contribution in [2.45, 2.75) is 43.6 Å². The first-order valence-electron chi connectivity index (χ1n) is 10.9. The Bertz CT molecular complexity index is 1380. The summed E-state index contributed by atoms with van der Waals surface area (Å²) >= 11 is 0. The van der Waals surface area contributed by atoms with Gasteiger partial charge in [0.05, 0.1) is 24.1 Å². The maximum absolute atomic E-state index is 13.8. The fourth-order valence-corrected chi connectivity index (χ4v) is 5.94. The quantitative estimate of drug-likeness (QED) is 0.615. The number of aromatic nitrogens is 1. The molecule has 172 valence electrons. The van der Waals surface area contributed by atoms with Crippen molar-refractivity contribution in [3.05, 3.63) is 65.4 Å². The first-order valence-corrected chi connectivity index (χ1v) is 12.4. The molecule has 1 saturated heterocycles. The number of hydrogen-bond acceptors (Lipinski definition) is 6. The molecule has 7 nitrogen and oxygen atoms in total. The van der Waals surface area contributed by atoms with E-state index in [9.17, 15) is 13.2 Å². The fraction of sp³-hybridized carbons (Fsp3) is 0.360. The molecular formula is C25H26N2O5S. The number of carbonyl (C=O) groups excluding carboxylic acids is 1. The first-order chi connectivity index (χ1) is 15.7. The zero-order valence-electron chi connectivity index (χ0n) is 18.8. The van der Waals surface area contributed by atoms with Gasteiger partial charge in [0, 0.05) is 16.6 Å². The SMILES string of the molecule is COc1ccc(C)cc1[C@@]1(C(=O)NS(=O)(=O)c2cccc3nc(C)ccc23)CC2(CC2)CO1. The number of aryl methyl sites for hydroxylation is 2. The number of methoxy groups -OCH3 is 1. The number of carbonyl (C=O) groups is 1.